The summed E-state index contributed by atoms with van der Waals surface area (Å²) < 4.78 is 23.3. The molecule has 7 heteroatoms. The molecule has 1 rings (SSSR count). The molecule has 0 atom stereocenters. The Bertz CT molecular complexity index is 337. The van der Waals surface area contributed by atoms with Gasteiger partial charge in [0, 0.05) is 26.2 Å². The lowest BCUT2D eigenvalue weighted by Gasteiger charge is -2.27. The van der Waals surface area contributed by atoms with Crippen molar-refractivity contribution in [1.29, 1.82) is 0 Å². The first-order valence-electron chi connectivity index (χ1n) is 5.59. The second-order valence-corrected chi connectivity index (χ2v) is 6.69. The zero-order valence-electron chi connectivity index (χ0n) is 10.3. The lowest BCUT2D eigenvalue weighted by molar-refractivity contribution is -0.128. The Balaban J connectivity index is 0.00000256. The van der Waals surface area contributed by atoms with Crippen LogP contribution in [0, 0.1) is 5.92 Å². The molecule has 5 nitrogen and oxygen atoms in total. The maximum atomic E-state index is 11.7. The fraction of sp³-hybridized carbons (Fsp3) is 0.900. The molecule has 1 aliphatic rings. The summed E-state index contributed by atoms with van der Waals surface area (Å²) in [6, 6.07) is 0. The number of carbonyl (C=O) groups is 1. The Labute approximate surface area is 109 Å². The summed E-state index contributed by atoms with van der Waals surface area (Å²) in [5, 5.41) is 3.12. The molecule has 0 spiro atoms. The molecule has 1 saturated heterocycles. The Morgan fingerprint density at radius 2 is 1.82 bits per heavy atom. The fourth-order valence-corrected chi connectivity index (χ4v) is 3.45. The number of sulfone groups is 1. The van der Waals surface area contributed by atoms with Crippen molar-refractivity contribution in [2.45, 2.75) is 13.8 Å². The van der Waals surface area contributed by atoms with Crippen LogP contribution in [0.1, 0.15) is 13.8 Å². The molecular formula is C10H21ClN2O3S. The lowest BCUT2D eigenvalue weighted by Crippen LogP contribution is -2.48. The van der Waals surface area contributed by atoms with Crippen molar-refractivity contribution in [2.24, 2.45) is 5.92 Å². The molecule has 0 aromatic rings. The standard InChI is InChI=1S/C10H20N2O3S.ClH/c1-9(2)7-16(14,15)8-10(13)12-5-3-11-4-6-12;/h9,11H,3-8H2,1-2H3;1H. The molecule has 1 N–H and O–H groups in total. The van der Waals surface area contributed by atoms with E-state index in [1.807, 2.05) is 13.8 Å². The van der Waals surface area contributed by atoms with Gasteiger partial charge in [0.25, 0.3) is 0 Å². The molecule has 0 aliphatic carbocycles. The van der Waals surface area contributed by atoms with Crippen molar-refractivity contribution in [1.82, 2.24) is 10.2 Å². The van der Waals surface area contributed by atoms with Gasteiger partial charge in [0.15, 0.2) is 9.84 Å². The van der Waals surface area contributed by atoms with Gasteiger partial charge in [-0.1, -0.05) is 13.8 Å². The first-order chi connectivity index (χ1) is 7.41. The molecule has 1 aliphatic heterocycles. The van der Waals surface area contributed by atoms with Crippen LogP contribution in [0.5, 0.6) is 0 Å². The van der Waals surface area contributed by atoms with E-state index in [0.29, 0.717) is 13.1 Å². The van der Waals surface area contributed by atoms with Crippen LogP contribution in [0.3, 0.4) is 0 Å². The third-order valence-corrected chi connectivity index (χ3v) is 4.26. The lowest BCUT2D eigenvalue weighted by atomic mass is 10.3. The smallest absolute Gasteiger partial charge is 0.237 e. The first-order valence-corrected chi connectivity index (χ1v) is 7.42. The van der Waals surface area contributed by atoms with Crippen LogP contribution >= 0.6 is 12.4 Å². The van der Waals surface area contributed by atoms with Crippen LogP contribution in [0.25, 0.3) is 0 Å². The van der Waals surface area contributed by atoms with Crippen LogP contribution in [-0.4, -0.2) is 56.9 Å². The van der Waals surface area contributed by atoms with Gasteiger partial charge in [0.1, 0.15) is 5.75 Å². The third kappa shape index (κ3) is 6.24. The van der Waals surface area contributed by atoms with Gasteiger partial charge in [-0.15, -0.1) is 12.4 Å². The van der Waals surface area contributed by atoms with Crippen LogP contribution in [-0.2, 0) is 14.6 Å². The summed E-state index contributed by atoms with van der Waals surface area (Å²) in [7, 11) is -3.24. The molecule has 0 saturated carbocycles. The Kier molecular flexibility index (Phi) is 7.04. The van der Waals surface area contributed by atoms with Gasteiger partial charge in [-0.05, 0) is 5.92 Å². The quantitative estimate of drug-likeness (QED) is 0.784. The van der Waals surface area contributed by atoms with Gasteiger partial charge in [0.2, 0.25) is 5.91 Å². The first kappa shape index (κ1) is 16.7. The zero-order valence-corrected chi connectivity index (χ0v) is 11.9. The molecule has 17 heavy (non-hydrogen) atoms. The average Bonchev–Trinajstić information content (AvgIpc) is 2.16. The molecule has 0 aromatic heterocycles. The molecule has 0 aromatic carbocycles. The number of piperazine rings is 1. The van der Waals surface area contributed by atoms with E-state index >= 15 is 0 Å². The minimum absolute atomic E-state index is 0. The highest BCUT2D eigenvalue weighted by atomic mass is 35.5. The maximum Gasteiger partial charge on any atom is 0.237 e. The minimum atomic E-state index is -3.24. The number of nitrogens with one attached hydrogen (secondary N) is 1. The number of rotatable bonds is 4. The normalized spacial score (nSPS) is 16.8. The highest BCUT2D eigenvalue weighted by molar-refractivity contribution is 7.92. The van der Waals surface area contributed by atoms with Gasteiger partial charge < -0.3 is 10.2 Å². The average molecular weight is 285 g/mol. The van der Waals surface area contributed by atoms with Crippen LogP contribution < -0.4 is 5.32 Å². The topological polar surface area (TPSA) is 66.5 Å². The van der Waals surface area contributed by atoms with Crippen molar-refractivity contribution < 1.29 is 13.2 Å². The second-order valence-electron chi connectivity index (χ2n) is 4.58. The van der Waals surface area contributed by atoms with E-state index in [1.165, 1.54) is 0 Å². The number of nitrogens with zero attached hydrogens (tertiary/aromatic N) is 1. The van der Waals surface area contributed by atoms with E-state index in [4.69, 9.17) is 0 Å². The summed E-state index contributed by atoms with van der Waals surface area (Å²) in [5.41, 5.74) is 0. The number of hydrogen-bond acceptors (Lipinski definition) is 4. The van der Waals surface area contributed by atoms with Crippen LogP contribution in [0.15, 0.2) is 0 Å². The van der Waals surface area contributed by atoms with E-state index in [9.17, 15) is 13.2 Å². The molecule has 0 unspecified atom stereocenters. The zero-order chi connectivity index (χ0) is 12.2. The summed E-state index contributed by atoms with van der Waals surface area (Å²) in [6.07, 6.45) is 0. The van der Waals surface area contributed by atoms with Crippen LogP contribution in [0.4, 0.5) is 0 Å². The van der Waals surface area contributed by atoms with Crippen molar-refractivity contribution in [3.05, 3.63) is 0 Å². The third-order valence-electron chi connectivity index (χ3n) is 2.40. The van der Waals surface area contributed by atoms with Gasteiger partial charge >= 0.3 is 0 Å². The highest BCUT2D eigenvalue weighted by Gasteiger charge is 2.23. The Morgan fingerprint density at radius 1 is 1.29 bits per heavy atom. The van der Waals surface area contributed by atoms with E-state index < -0.39 is 9.84 Å². The van der Waals surface area contributed by atoms with E-state index in [0.717, 1.165) is 13.1 Å². The molecule has 1 fully saturated rings. The summed E-state index contributed by atoms with van der Waals surface area (Å²) in [4.78, 5) is 13.3. The maximum absolute atomic E-state index is 11.7. The minimum Gasteiger partial charge on any atom is -0.339 e. The Hall–Kier alpha value is -0.330. The number of amides is 1. The highest BCUT2D eigenvalue weighted by Crippen LogP contribution is 2.03. The van der Waals surface area contributed by atoms with Gasteiger partial charge in [-0.3, -0.25) is 4.79 Å². The second kappa shape index (κ2) is 7.18. The largest absolute Gasteiger partial charge is 0.339 e. The molecule has 0 bridgehead atoms. The van der Waals surface area contributed by atoms with E-state index in [1.54, 1.807) is 4.90 Å². The Morgan fingerprint density at radius 3 is 2.29 bits per heavy atom. The van der Waals surface area contributed by atoms with Crippen molar-refractivity contribution in [3.8, 4) is 0 Å². The molecule has 1 amide bonds. The summed E-state index contributed by atoms with van der Waals surface area (Å²) in [5.74, 6) is -0.446. The predicted octanol–water partition coefficient (Wildman–Crippen LogP) is -0.0892. The SMILES string of the molecule is CC(C)CS(=O)(=O)CC(=O)N1CCNCC1.Cl. The predicted molar refractivity (Wildman–Crippen MR) is 70.2 cm³/mol. The summed E-state index contributed by atoms with van der Waals surface area (Å²) >= 11 is 0. The van der Waals surface area contributed by atoms with Gasteiger partial charge in [0.05, 0.1) is 5.75 Å². The molecule has 102 valence electrons. The number of halogens is 1. The van der Waals surface area contributed by atoms with Crippen molar-refractivity contribution in [2.75, 3.05) is 37.7 Å². The van der Waals surface area contributed by atoms with Crippen molar-refractivity contribution >= 4 is 28.2 Å². The number of carbonyl (C=O) groups excluding carboxylic acids is 1. The van der Waals surface area contributed by atoms with E-state index in [-0.39, 0.29) is 35.7 Å². The molecule has 1 heterocycles. The molecular weight excluding hydrogens is 264 g/mol. The summed E-state index contributed by atoms with van der Waals surface area (Å²) in [6.45, 7) is 6.39. The monoisotopic (exact) mass is 284 g/mol. The van der Waals surface area contributed by atoms with E-state index in [2.05, 4.69) is 5.32 Å². The van der Waals surface area contributed by atoms with Crippen molar-refractivity contribution in [3.63, 3.8) is 0 Å². The molecule has 0 radical (unpaired) electrons. The van der Waals surface area contributed by atoms with Gasteiger partial charge in [-0.2, -0.15) is 0 Å². The fourth-order valence-electron chi connectivity index (χ4n) is 1.76. The number of hydrogen-bond donors (Lipinski definition) is 1. The van der Waals surface area contributed by atoms with Gasteiger partial charge in [-0.25, -0.2) is 8.42 Å². The van der Waals surface area contributed by atoms with Crippen LogP contribution in [0.2, 0.25) is 0 Å².